The Kier molecular flexibility index (Phi) is 3.25. The second-order valence-electron chi connectivity index (χ2n) is 6.13. The number of nitrogens with zero attached hydrogens (tertiary/aromatic N) is 4. The molecule has 2 aliphatic carbocycles. The average molecular weight is 307 g/mol. The van der Waals surface area contributed by atoms with Crippen LogP contribution in [0.15, 0.2) is 6.33 Å². The highest BCUT2D eigenvalue weighted by Gasteiger charge is 2.42. The summed E-state index contributed by atoms with van der Waals surface area (Å²) in [5.41, 5.74) is 1.67. The number of rotatable bonds is 4. The maximum absolute atomic E-state index is 5.97. The molecule has 3 unspecified atom stereocenters. The molecule has 0 spiro atoms. The Balaban J connectivity index is 1.87. The normalized spacial score (nSPS) is 27.6. The molecule has 2 aliphatic rings. The molecule has 4 rings (SSSR count). The first kappa shape index (κ1) is 13.3. The molecule has 3 atom stereocenters. The predicted molar refractivity (Wildman–Crippen MR) is 80.8 cm³/mol. The lowest BCUT2D eigenvalue weighted by molar-refractivity contribution is 0.328. The second kappa shape index (κ2) is 5.13. The van der Waals surface area contributed by atoms with E-state index in [-0.39, 0.29) is 0 Å². The number of aryl methyl sites for hydroxylation is 1. The van der Waals surface area contributed by atoms with Crippen molar-refractivity contribution < 1.29 is 4.74 Å². The fraction of sp³-hybridized carbons (Fsp3) is 0.667. The van der Waals surface area contributed by atoms with Crippen LogP contribution in [0.2, 0.25) is 0 Å². The summed E-state index contributed by atoms with van der Waals surface area (Å²) >= 11 is 5.97. The lowest BCUT2D eigenvalue weighted by Crippen LogP contribution is -2.19. The molecule has 0 aromatic carbocycles. The number of methoxy groups -OCH3 is 1. The van der Waals surface area contributed by atoms with Crippen LogP contribution in [0.4, 0.5) is 0 Å². The maximum Gasteiger partial charge on any atom is 0.245 e. The molecule has 0 aliphatic heterocycles. The number of alkyl halides is 1. The van der Waals surface area contributed by atoms with Crippen molar-refractivity contribution in [2.24, 2.45) is 11.8 Å². The van der Waals surface area contributed by atoms with Crippen LogP contribution in [-0.4, -0.2) is 32.5 Å². The molecule has 21 heavy (non-hydrogen) atoms. The molecule has 2 heterocycles. The fourth-order valence-electron chi connectivity index (χ4n) is 4.22. The summed E-state index contributed by atoms with van der Waals surface area (Å²) in [6, 6.07) is 0.520. The third-order valence-corrected chi connectivity index (χ3v) is 5.25. The molecule has 6 heteroatoms. The third kappa shape index (κ3) is 2.01. The van der Waals surface area contributed by atoms with Crippen LogP contribution >= 0.6 is 11.6 Å². The van der Waals surface area contributed by atoms with E-state index >= 15 is 0 Å². The van der Waals surface area contributed by atoms with E-state index in [0.717, 1.165) is 35.2 Å². The Morgan fingerprint density at radius 2 is 2.24 bits per heavy atom. The Morgan fingerprint density at radius 3 is 2.90 bits per heavy atom. The lowest BCUT2D eigenvalue weighted by Gasteiger charge is -2.25. The van der Waals surface area contributed by atoms with Gasteiger partial charge in [-0.2, -0.15) is 4.98 Å². The van der Waals surface area contributed by atoms with E-state index in [1.165, 1.54) is 25.7 Å². The van der Waals surface area contributed by atoms with Gasteiger partial charge in [-0.1, -0.05) is 6.42 Å². The summed E-state index contributed by atoms with van der Waals surface area (Å²) in [5.74, 6) is 3.79. The molecule has 5 nitrogen and oxygen atoms in total. The van der Waals surface area contributed by atoms with Crippen LogP contribution in [0.5, 0.6) is 5.88 Å². The average Bonchev–Trinajstić information content (AvgIpc) is 3.19. The van der Waals surface area contributed by atoms with E-state index in [4.69, 9.17) is 21.3 Å². The molecule has 0 amide bonds. The Morgan fingerprint density at radius 1 is 1.33 bits per heavy atom. The largest absolute Gasteiger partial charge is 0.479 e. The minimum absolute atomic E-state index is 0.520. The van der Waals surface area contributed by atoms with Crippen LogP contribution in [-0.2, 0) is 6.42 Å². The molecule has 0 radical (unpaired) electrons. The van der Waals surface area contributed by atoms with Crippen molar-refractivity contribution >= 4 is 22.8 Å². The predicted octanol–water partition coefficient (Wildman–Crippen LogP) is 2.98. The first-order valence-electron chi connectivity index (χ1n) is 7.63. The molecule has 2 fully saturated rings. The highest BCUT2D eigenvalue weighted by atomic mass is 35.5. The van der Waals surface area contributed by atoms with Gasteiger partial charge < -0.3 is 9.30 Å². The summed E-state index contributed by atoms with van der Waals surface area (Å²) in [5, 5.41) is 0. The number of imidazole rings is 1. The van der Waals surface area contributed by atoms with Crippen LogP contribution in [0.25, 0.3) is 11.2 Å². The van der Waals surface area contributed by atoms with Crippen molar-refractivity contribution in [1.82, 2.24) is 19.5 Å². The summed E-state index contributed by atoms with van der Waals surface area (Å²) in [6.07, 6.45) is 7.64. The van der Waals surface area contributed by atoms with Gasteiger partial charge in [0.2, 0.25) is 5.88 Å². The first-order valence-corrected chi connectivity index (χ1v) is 8.17. The Bertz CT molecular complexity index is 671. The van der Waals surface area contributed by atoms with Gasteiger partial charge in [-0.25, -0.2) is 9.97 Å². The molecule has 2 bridgehead atoms. The molecule has 2 aromatic rings. The number of hydrogen-bond acceptors (Lipinski definition) is 4. The first-order chi connectivity index (χ1) is 10.3. The minimum Gasteiger partial charge on any atom is -0.479 e. The van der Waals surface area contributed by atoms with E-state index in [2.05, 4.69) is 14.5 Å². The summed E-state index contributed by atoms with van der Waals surface area (Å²) in [7, 11) is 1.62. The van der Waals surface area contributed by atoms with Gasteiger partial charge in [0.1, 0.15) is 12.2 Å². The summed E-state index contributed by atoms with van der Waals surface area (Å²) in [4.78, 5) is 13.4. The maximum atomic E-state index is 5.97. The third-order valence-electron chi connectivity index (χ3n) is 5.06. The van der Waals surface area contributed by atoms with Gasteiger partial charge in [0.25, 0.3) is 0 Å². The van der Waals surface area contributed by atoms with Crippen LogP contribution in [0.3, 0.4) is 0 Å². The SMILES string of the molecule is COc1ncnc2c1nc(CCCl)n2C1CC2CCC1C2. The zero-order valence-corrected chi connectivity index (χ0v) is 12.9. The molecule has 2 aromatic heterocycles. The van der Waals surface area contributed by atoms with Crippen LogP contribution in [0, 0.1) is 11.8 Å². The second-order valence-corrected chi connectivity index (χ2v) is 6.51. The van der Waals surface area contributed by atoms with E-state index in [9.17, 15) is 0 Å². The highest BCUT2D eigenvalue weighted by Crippen LogP contribution is 2.51. The highest BCUT2D eigenvalue weighted by molar-refractivity contribution is 6.17. The van der Waals surface area contributed by atoms with Gasteiger partial charge in [-0.05, 0) is 31.1 Å². The molecule has 112 valence electrons. The van der Waals surface area contributed by atoms with E-state index < -0.39 is 0 Å². The van der Waals surface area contributed by atoms with Crippen molar-refractivity contribution in [2.45, 2.75) is 38.1 Å². The zero-order chi connectivity index (χ0) is 14.4. The number of hydrogen-bond donors (Lipinski definition) is 0. The smallest absolute Gasteiger partial charge is 0.245 e. The van der Waals surface area contributed by atoms with Gasteiger partial charge in [0.05, 0.1) is 7.11 Å². The Hall–Kier alpha value is -1.36. The molecular weight excluding hydrogens is 288 g/mol. The van der Waals surface area contributed by atoms with Gasteiger partial charge >= 0.3 is 0 Å². The molecule has 0 N–H and O–H groups in total. The number of halogens is 1. The van der Waals surface area contributed by atoms with Crippen molar-refractivity contribution in [3.63, 3.8) is 0 Å². The number of fused-ring (bicyclic) bond motifs is 3. The summed E-state index contributed by atoms with van der Waals surface area (Å²) in [6.45, 7) is 0. The lowest BCUT2D eigenvalue weighted by atomic mass is 9.95. The van der Waals surface area contributed by atoms with Crippen LogP contribution in [0.1, 0.15) is 37.5 Å². The van der Waals surface area contributed by atoms with Crippen molar-refractivity contribution in [3.8, 4) is 5.88 Å². The van der Waals surface area contributed by atoms with Gasteiger partial charge in [-0.15, -0.1) is 11.6 Å². The van der Waals surface area contributed by atoms with Gasteiger partial charge in [0, 0.05) is 18.3 Å². The quantitative estimate of drug-likeness (QED) is 0.815. The monoisotopic (exact) mass is 306 g/mol. The molecule has 0 saturated heterocycles. The van der Waals surface area contributed by atoms with Gasteiger partial charge in [-0.3, -0.25) is 0 Å². The van der Waals surface area contributed by atoms with Crippen molar-refractivity contribution in [2.75, 3.05) is 13.0 Å². The number of ether oxygens (including phenoxy) is 1. The van der Waals surface area contributed by atoms with Crippen molar-refractivity contribution in [3.05, 3.63) is 12.2 Å². The number of aromatic nitrogens is 4. The topological polar surface area (TPSA) is 52.8 Å². The molecular formula is C15H19ClN4O. The summed E-state index contributed by atoms with van der Waals surface area (Å²) < 4.78 is 7.66. The standard InChI is InChI=1S/C15H19ClN4O/c1-21-15-13-14(17-8-18-15)20(12(19-13)4-5-16)11-7-9-2-3-10(11)6-9/h8-11H,2-7H2,1H3. The fourth-order valence-corrected chi connectivity index (χ4v) is 4.39. The van der Waals surface area contributed by atoms with Gasteiger partial charge in [0.15, 0.2) is 11.2 Å². The zero-order valence-electron chi connectivity index (χ0n) is 12.1. The van der Waals surface area contributed by atoms with E-state index in [0.29, 0.717) is 17.8 Å². The molecule has 2 saturated carbocycles. The Labute approximate surface area is 128 Å². The van der Waals surface area contributed by atoms with E-state index in [1.54, 1.807) is 13.4 Å². The van der Waals surface area contributed by atoms with Crippen molar-refractivity contribution in [1.29, 1.82) is 0 Å². The van der Waals surface area contributed by atoms with Crippen LogP contribution < -0.4 is 4.74 Å². The minimum atomic E-state index is 0.520. The van der Waals surface area contributed by atoms with E-state index in [1.807, 2.05) is 0 Å².